The molecule has 0 aliphatic rings. The Balaban J connectivity index is 2.10. The van der Waals surface area contributed by atoms with Crippen molar-refractivity contribution >= 4 is 24.1 Å². The molecule has 0 unspecified atom stereocenters. The number of benzene rings is 2. The highest BCUT2D eigenvalue weighted by molar-refractivity contribution is 5.98. The van der Waals surface area contributed by atoms with Crippen molar-refractivity contribution in [3.05, 3.63) is 65.2 Å². The molecular formula is C24H23NO6. The second-order valence-electron chi connectivity index (χ2n) is 6.06. The molecule has 160 valence electrons. The largest absolute Gasteiger partial charge is 0.493 e. The number of carbonyl (C=O) groups excluding carboxylic acids is 2. The zero-order chi connectivity index (χ0) is 22.6. The summed E-state index contributed by atoms with van der Waals surface area (Å²) in [6.45, 7) is 4.22. The lowest BCUT2D eigenvalue weighted by Crippen LogP contribution is -2.06. The predicted octanol–water partition coefficient (Wildman–Crippen LogP) is 4.18. The van der Waals surface area contributed by atoms with Gasteiger partial charge in [-0.1, -0.05) is 18.2 Å². The lowest BCUT2D eigenvalue weighted by molar-refractivity contribution is -0.138. The predicted molar refractivity (Wildman–Crippen MR) is 115 cm³/mol. The quantitative estimate of drug-likeness (QED) is 0.259. The standard InChI is InChI=1S/C24H23NO6/c1-4-29-21-11-9-17(15-22(21)28-3)10-12-23(26)31-20-8-6-7-18(14-20)13-19(16-25)24(27)30-5-2/h6-15H,4-5H2,1-3H3/b12-10+,19-13+. The van der Waals surface area contributed by atoms with Crippen LogP contribution < -0.4 is 14.2 Å². The number of nitrogens with zero attached hydrogens (tertiary/aromatic N) is 1. The highest BCUT2D eigenvalue weighted by atomic mass is 16.5. The molecule has 0 atom stereocenters. The van der Waals surface area contributed by atoms with Crippen LogP contribution in [0.3, 0.4) is 0 Å². The Labute approximate surface area is 181 Å². The average molecular weight is 421 g/mol. The number of hydrogen-bond donors (Lipinski definition) is 0. The monoisotopic (exact) mass is 421 g/mol. The normalized spacial score (nSPS) is 11.0. The summed E-state index contributed by atoms with van der Waals surface area (Å²) in [5.74, 6) is 0.163. The Bertz CT molecular complexity index is 1030. The van der Waals surface area contributed by atoms with Crippen LogP contribution in [0, 0.1) is 11.3 Å². The molecule has 0 amide bonds. The van der Waals surface area contributed by atoms with Crippen LogP contribution in [0.15, 0.2) is 54.1 Å². The molecule has 0 heterocycles. The zero-order valence-corrected chi connectivity index (χ0v) is 17.6. The molecule has 0 bridgehead atoms. The summed E-state index contributed by atoms with van der Waals surface area (Å²) >= 11 is 0. The molecular weight excluding hydrogens is 398 g/mol. The van der Waals surface area contributed by atoms with Gasteiger partial charge in [0.25, 0.3) is 0 Å². The Hall–Kier alpha value is -4.05. The fourth-order valence-corrected chi connectivity index (χ4v) is 2.56. The van der Waals surface area contributed by atoms with Gasteiger partial charge in [-0.15, -0.1) is 0 Å². The van der Waals surface area contributed by atoms with Crippen LogP contribution in [0.1, 0.15) is 25.0 Å². The van der Waals surface area contributed by atoms with E-state index in [9.17, 15) is 9.59 Å². The number of hydrogen-bond acceptors (Lipinski definition) is 7. The molecule has 0 N–H and O–H groups in total. The van der Waals surface area contributed by atoms with Crippen molar-refractivity contribution in [1.82, 2.24) is 0 Å². The van der Waals surface area contributed by atoms with Crippen LogP contribution in [0.5, 0.6) is 17.2 Å². The third kappa shape index (κ3) is 7.05. The maximum atomic E-state index is 12.2. The van der Waals surface area contributed by atoms with Gasteiger partial charge in [-0.25, -0.2) is 9.59 Å². The first-order valence-corrected chi connectivity index (χ1v) is 9.60. The number of methoxy groups -OCH3 is 1. The van der Waals surface area contributed by atoms with Crippen LogP contribution in [0.2, 0.25) is 0 Å². The minimum Gasteiger partial charge on any atom is -0.493 e. The van der Waals surface area contributed by atoms with Crippen molar-refractivity contribution in [2.45, 2.75) is 13.8 Å². The van der Waals surface area contributed by atoms with Crippen molar-refractivity contribution < 1.29 is 28.5 Å². The molecule has 2 aromatic rings. The lowest BCUT2D eigenvalue weighted by Gasteiger charge is -2.09. The van der Waals surface area contributed by atoms with Crippen LogP contribution >= 0.6 is 0 Å². The van der Waals surface area contributed by atoms with E-state index in [1.807, 2.05) is 6.92 Å². The molecule has 0 saturated carbocycles. The molecule has 0 aliphatic heterocycles. The molecule has 0 aromatic heterocycles. The van der Waals surface area contributed by atoms with Gasteiger partial charge in [0.2, 0.25) is 0 Å². The zero-order valence-electron chi connectivity index (χ0n) is 17.6. The number of nitriles is 1. The summed E-state index contributed by atoms with van der Waals surface area (Å²) in [6.07, 6.45) is 4.26. The Kier molecular flexibility index (Phi) is 8.87. The van der Waals surface area contributed by atoms with Gasteiger partial charge in [-0.3, -0.25) is 0 Å². The van der Waals surface area contributed by atoms with Gasteiger partial charge in [-0.05, 0) is 61.4 Å². The summed E-state index contributed by atoms with van der Waals surface area (Å²) in [7, 11) is 1.54. The van der Waals surface area contributed by atoms with Crippen molar-refractivity contribution in [3.63, 3.8) is 0 Å². The molecule has 7 nitrogen and oxygen atoms in total. The first-order valence-electron chi connectivity index (χ1n) is 9.60. The van der Waals surface area contributed by atoms with E-state index in [0.717, 1.165) is 5.56 Å². The summed E-state index contributed by atoms with van der Waals surface area (Å²) in [4.78, 5) is 23.9. The molecule has 0 radical (unpaired) electrons. The van der Waals surface area contributed by atoms with E-state index in [2.05, 4.69) is 0 Å². The number of rotatable bonds is 9. The molecule has 2 aromatic carbocycles. The Morgan fingerprint density at radius 1 is 1.03 bits per heavy atom. The summed E-state index contributed by atoms with van der Waals surface area (Å²) in [5.41, 5.74) is 1.12. The van der Waals surface area contributed by atoms with Gasteiger partial charge in [0.1, 0.15) is 17.4 Å². The second kappa shape index (κ2) is 11.8. The van der Waals surface area contributed by atoms with E-state index in [0.29, 0.717) is 23.7 Å². The van der Waals surface area contributed by atoms with Gasteiger partial charge in [-0.2, -0.15) is 5.26 Å². The van der Waals surface area contributed by atoms with Crippen molar-refractivity contribution in [1.29, 1.82) is 5.26 Å². The van der Waals surface area contributed by atoms with E-state index < -0.39 is 11.9 Å². The van der Waals surface area contributed by atoms with Gasteiger partial charge >= 0.3 is 11.9 Å². The van der Waals surface area contributed by atoms with E-state index in [-0.39, 0.29) is 17.9 Å². The average Bonchev–Trinajstić information content (AvgIpc) is 2.77. The Morgan fingerprint density at radius 3 is 2.52 bits per heavy atom. The van der Waals surface area contributed by atoms with Crippen LogP contribution in [-0.4, -0.2) is 32.3 Å². The highest BCUT2D eigenvalue weighted by Crippen LogP contribution is 2.28. The first-order chi connectivity index (χ1) is 15.0. The number of carbonyl (C=O) groups is 2. The minimum atomic E-state index is -0.707. The second-order valence-corrected chi connectivity index (χ2v) is 6.06. The molecule has 0 fully saturated rings. The van der Waals surface area contributed by atoms with E-state index in [4.69, 9.17) is 24.2 Å². The maximum absolute atomic E-state index is 12.2. The molecule has 7 heteroatoms. The summed E-state index contributed by atoms with van der Waals surface area (Å²) < 4.78 is 20.9. The van der Waals surface area contributed by atoms with Gasteiger partial charge in [0.15, 0.2) is 11.5 Å². The van der Waals surface area contributed by atoms with E-state index in [1.54, 1.807) is 68.6 Å². The Morgan fingerprint density at radius 2 is 1.84 bits per heavy atom. The lowest BCUT2D eigenvalue weighted by atomic mass is 10.1. The third-order valence-electron chi connectivity index (χ3n) is 3.90. The summed E-state index contributed by atoms with van der Waals surface area (Å²) in [5, 5.41) is 9.13. The number of esters is 2. The van der Waals surface area contributed by atoms with Crippen molar-refractivity contribution in [2.24, 2.45) is 0 Å². The van der Waals surface area contributed by atoms with Crippen LogP contribution in [-0.2, 0) is 14.3 Å². The highest BCUT2D eigenvalue weighted by Gasteiger charge is 2.10. The first kappa shape index (κ1) is 23.2. The minimum absolute atomic E-state index is 0.144. The number of ether oxygens (including phenoxy) is 4. The van der Waals surface area contributed by atoms with E-state index >= 15 is 0 Å². The molecule has 0 aliphatic carbocycles. The van der Waals surface area contributed by atoms with Crippen molar-refractivity contribution in [3.8, 4) is 23.3 Å². The smallest absolute Gasteiger partial charge is 0.348 e. The molecule has 2 rings (SSSR count). The molecule has 31 heavy (non-hydrogen) atoms. The van der Waals surface area contributed by atoms with Crippen LogP contribution in [0.4, 0.5) is 0 Å². The molecule has 0 saturated heterocycles. The summed E-state index contributed by atoms with van der Waals surface area (Å²) in [6, 6.07) is 13.6. The fraction of sp³-hybridized carbons (Fsp3) is 0.208. The fourth-order valence-electron chi connectivity index (χ4n) is 2.56. The van der Waals surface area contributed by atoms with Crippen LogP contribution in [0.25, 0.3) is 12.2 Å². The topological polar surface area (TPSA) is 94.9 Å². The maximum Gasteiger partial charge on any atom is 0.348 e. The SMILES string of the molecule is CCOC(=O)/C(C#N)=C/c1cccc(OC(=O)/C=C/c2ccc(OCC)c(OC)c2)c1. The van der Waals surface area contributed by atoms with Gasteiger partial charge in [0, 0.05) is 6.08 Å². The molecule has 0 spiro atoms. The van der Waals surface area contributed by atoms with Crippen molar-refractivity contribution in [2.75, 3.05) is 20.3 Å². The van der Waals surface area contributed by atoms with Gasteiger partial charge in [0.05, 0.1) is 20.3 Å². The third-order valence-corrected chi connectivity index (χ3v) is 3.90. The van der Waals surface area contributed by atoms with Gasteiger partial charge < -0.3 is 18.9 Å². The van der Waals surface area contributed by atoms with E-state index in [1.165, 1.54) is 12.2 Å².